The van der Waals surface area contributed by atoms with Crippen LogP contribution < -0.4 is 16.0 Å². The second-order valence-corrected chi connectivity index (χ2v) is 6.42. The lowest BCUT2D eigenvalue weighted by Crippen LogP contribution is -2.30. The first-order valence-electron chi connectivity index (χ1n) is 7.65. The average molecular weight is 343 g/mol. The Morgan fingerprint density at radius 1 is 1.04 bits per heavy atom. The van der Waals surface area contributed by atoms with E-state index in [0.717, 1.165) is 11.3 Å². The maximum absolute atomic E-state index is 11.9. The number of aryl methyl sites for hydroxylation is 1. The molecule has 24 heavy (non-hydrogen) atoms. The molecule has 3 amide bonds. The largest absolute Gasteiger partial charge is 0.337 e. The van der Waals surface area contributed by atoms with Gasteiger partial charge in [-0.3, -0.25) is 4.79 Å². The standard InChI is InChI=1S/C18H21N3O2S/c1-13-8-9-15(12-17(13)20-14(2)22)21-18(23)19-10-11-24-16-6-4-3-5-7-16/h3-9,12H,10-11H2,1-2H3,(H,20,22)(H2,19,21,23). The highest BCUT2D eigenvalue weighted by molar-refractivity contribution is 7.99. The molecule has 2 aromatic rings. The van der Waals surface area contributed by atoms with Crippen LogP contribution in [0.15, 0.2) is 53.4 Å². The number of hydrogen-bond donors (Lipinski definition) is 3. The van der Waals surface area contributed by atoms with E-state index < -0.39 is 0 Å². The number of carbonyl (C=O) groups is 2. The molecular weight excluding hydrogens is 322 g/mol. The van der Waals surface area contributed by atoms with Gasteiger partial charge in [0, 0.05) is 35.5 Å². The van der Waals surface area contributed by atoms with Gasteiger partial charge in [-0.05, 0) is 36.8 Å². The molecule has 0 bridgehead atoms. The minimum atomic E-state index is -0.263. The van der Waals surface area contributed by atoms with Crippen LogP contribution in [0.3, 0.4) is 0 Å². The van der Waals surface area contributed by atoms with Crippen LogP contribution in [0.25, 0.3) is 0 Å². The van der Waals surface area contributed by atoms with Crippen LogP contribution in [0.5, 0.6) is 0 Å². The van der Waals surface area contributed by atoms with E-state index in [2.05, 4.69) is 16.0 Å². The number of nitrogens with one attached hydrogen (secondary N) is 3. The zero-order valence-corrected chi connectivity index (χ0v) is 14.6. The van der Waals surface area contributed by atoms with Gasteiger partial charge in [0.2, 0.25) is 5.91 Å². The Labute approximate surface area is 146 Å². The molecule has 126 valence electrons. The molecule has 0 saturated heterocycles. The fourth-order valence-electron chi connectivity index (χ4n) is 2.05. The molecule has 5 nitrogen and oxygen atoms in total. The molecule has 2 rings (SSSR count). The predicted molar refractivity (Wildman–Crippen MR) is 99.7 cm³/mol. The maximum atomic E-state index is 11.9. The molecule has 0 atom stereocenters. The van der Waals surface area contributed by atoms with Gasteiger partial charge in [-0.1, -0.05) is 24.3 Å². The summed E-state index contributed by atoms with van der Waals surface area (Å²) in [6, 6.07) is 15.2. The van der Waals surface area contributed by atoms with E-state index in [0.29, 0.717) is 17.9 Å². The third-order valence-electron chi connectivity index (χ3n) is 3.21. The minimum absolute atomic E-state index is 0.141. The van der Waals surface area contributed by atoms with Crippen molar-refractivity contribution in [1.29, 1.82) is 0 Å². The third-order valence-corrected chi connectivity index (χ3v) is 4.22. The highest BCUT2D eigenvalue weighted by Gasteiger charge is 2.05. The second kappa shape index (κ2) is 8.98. The monoisotopic (exact) mass is 343 g/mol. The van der Waals surface area contributed by atoms with Gasteiger partial charge in [0.25, 0.3) is 0 Å². The van der Waals surface area contributed by atoms with E-state index >= 15 is 0 Å². The molecule has 0 unspecified atom stereocenters. The number of benzene rings is 2. The van der Waals surface area contributed by atoms with Crippen molar-refractivity contribution in [2.75, 3.05) is 22.9 Å². The van der Waals surface area contributed by atoms with Crippen LogP contribution >= 0.6 is 11.8 Å². The lowest BCUT2D eigenvalue weighted by molar-refractivity contribution is -0.114. The van der Waals surface area contributed by atoms with Crippen LogP contribution in [-0.4, -0.2) is 24.2 Å². The topological polar surface area (TPSA) is 70.2 Å². The molecule has 0 aromatic heterocycles. The summed E-state index contributed by atoms with van der Waals surface area (Å²) in [6.45, 7) is 3.92. The minimum Gasteiger partial charge on any atom is -0.337 e. The van der Waals surface area contributed by atoms with Crippen LogP contribution in [0.4, 0.5) is 16.2 Å². The van der Waals surface area contributed by atoms with Gasteiger partial charge < -0.3 is 16.0 Å². The molecule has 0 aliphatic heterocycles. The van der Waals surface area contributed by atoms with Crippen molar-refractivity contribution in [3.63, 3.8) is 0 Å². The quantitative estimate of drug-likeness (QED) is 0.551. The van der Waals surface area contributed by atoms with E-state index in [1.165, 1.54) is 11.8 Å². The van der Waals surface area contributed by atoms with Crippen molar-refractivity contribution >= 4 is 35.1 Å². The van der Waals surface area contributed by atoms with Crippen molar-refractivity contribution < 1.29 is 9.59 Å². The van der Waals surface area contributed by atoms with Crippen molar-refractivity contribution in [3.8, 4) is 0 Å². The van der Waals surface area contributed by atoms with Crippen LogP contribution in [0.1, 0.15) is 12.5 Å². The van der Waals surface area contributed by atoms with Crippen molar-refractivity contribution in [1.82, 2.24) is 5.32 Å². The average Bonchev–Trinajstić information content (AvgIpc) is 2.55. The summed E-state index contributed by atoms with van der Waals surface area (Å²) in [5, 5.41) is 8.33. The Hall–Kier alpha value is -2.47. The molecule has 0 aliphatic carbocycles. The maximum Gasteiger partial charge on any atom is 0.319 e. The van der Waals surface area contributed by atoms with Crippen molar-refractivity contribution in [3.05, 3.63) is 54.1 Å². The van der Waals surface area contributed by atoms with E-state index in [1.807, 2.05) is 43.3 Å². The fourth-order valence-corrected chi connectivity index (χ4v) is 2.84. The number of rotatable bonds is 6. The van der Waals surface area contributed by atoms with Gasteiger partial charge in [0.1, 0.15) is 0 Å². The Bertz CT molecular complexity index is 705. The molecule has 0 saturated carbocycles. The van der Waals surface area contributed by atoms with Crippen molar-refractivity contribution in [2.45, 2.75) is 18.7 Å². The molecule has 2 aromatic carbocycles. The molecule has 6 heteroatoms. The Morgan fingerprint density at radius 2 is 1.79 bits per heavy atom. The summed E-state index contributed by atoms with van der Waals surface area (Å²) < 4.78 is 0. The first kappa shape index (κ1) is 17.9. The smallest absolute Gasteiger partial charge is 0.319 e. The van der Waals surface area contributed by atoms with E-state index in [9.17, 15) is 9.59 Å². The van der Waals surface area contributed by atoms with Gasteiger partial charge in [0.15, 0.2) is 0 Å². The molecule has 0 aliphatic rings. The molecular formula is C18H21N3O2S. The van der Waals surface area contributed by atoms with Gasteiger partial charge >= 0.3 is 6.03 Å². The van der Waals surface area contributed by atoms with E-state index in [-0.39, 0.29) is 11.9 Å². The molecule has 0 radical (unpaired) electrons. The predicted octanol–water partition coefficient (Wildman–Crippen LogP) is 3.87. The number of anilines is 2. The zero-order valence-electron chi connectivity index (χ0n) is 13.8. The summed E-state index contributed by atoms with van der Waals surface area (Å²) in [4.78, 5) is 24.3. The highest BCUT2D eigenvalue weighted by Crippen LogP contribution is 2.20. The molecule has 3 N–H and O–H groups in total. The zero-order chi connectivity index (χ0) is 17.4. The fraction of sp³-hybridized carbons (Fsp3) is 0.222. The number of urea groups is 1. The van der Waals surface area contributed by atoms with E-state index in [4.69, 9.17) is 0 Å². The number of thioether (sulfide) groups is 1. The summed E-state index contributed by atoms with van der Waals surface area (Å²) >= 11 is 1.69. The van der Waals surface area contributed by atoms with Gasteiger partial charge in [-0.2, -0.15) is 0 Å². The molecule has 0 fully saturated rings. The van der Waals surface area contributed by atoms with E-state index in [1.54, 1.807) is 23.9 Å². The lowest BCUT2D eigenvalue weighted by atomic mass is 10.2. The molecule has 0 heterocycles. The first-order valence-corrected chi connectivity index (χ1v) is 8.64. The van der Waals surface area contributed by atoms with Crippen LogP contribution in [0.2, 0.25) is 0 Å². The second-order valence-electron chi connectivity index (χ2n) is 5.25. The first-order chi connectivity index (χ1) is 11.5. The van der Waals surface area contributed by atoms with Crippen molar-refractivity contribution in [2.24, 2.45) is 0 Å². The van der Waals surface area contributed by atoms with Crippen LogP contribution in [-0.2, 0) is 4.79 Å². The normalized spacial score (nSPS) is 10.1. The number of hydrogen-bond acceptors (Lipinski definition) is 3. The highest BCUT2D eigenvalue weighted by atomic mass is 32.2. The number of carbonyl (C=O) groups excluding carboxylic acids is 2. The third kappa shape index (κ3) is 5.96. The lowest BCUT2D eigenvalue weighted by Gasteiger charge is -2.11. The molecule has 0 spiro atoms. The number of amides is 3. The van der Waals surface area contributed by atoms with Gasteiger partial charge in [-0.15, -0.1) is 11.8 Å². The summed E-state index contributed by atoms with van der Waals surface area (Å²) in [7, 11) is 0. The summed E-state index contributed by atoms with van der Waals surface area (Å²) in [6.07, 6.45) is 0. The summed E-state index contributed by atoms with van der Waals surface area (Å²) in [5.74, 6) is 0.653. The van der Waals surface area contributed by atoms with Crippen LogP contribution in [0, 0.1) is 6.92 Å². The summed E-state index contributed by atoms with van der Waals surface area (Å²) in [5.41, 5.74) is 2.27. The Balaban J connectivity index is 1.78. The Morgan fingerprint density at radius 3 is 2.50 bits per heavy atom. The Kier molecular flexibility index (Phi) is 6.69. The SMILES string of the molecule is CC(=O)Nc1cc(NC(=O)NCCSc2ccccc2)ccc1C. The van der Waals surface area contributed by atoms with Gasteiger partial charge in [-0.25, -0.2) is 4.79 Å². The van der Waals surface area contributed by atoms with Gasteiger partial charge in [0.05, 0.1) is 0 Å².